The second-order valence-corrected chi connectivity index (χ2v) is 7.36. The van der Waals surface area contributed by atoms with Crippen LogP contribution < -0.4 is 10.0 Å². The minimum atomic E-state index is -3.45. The zero-order chi connectivity index (χ0) is 14.5. The van der Waals surface area contributed by atoms with Gasteiger partial charge >= 0.3 is 0 Å². The molecule has 0 heterocycles. The SMILES string of the molecule is CCCNCc1cccc(S(=O)(=O)NC(C)(C)C)c1. The minimum Gasteiger partial charge on any atom is -0.313 e. The average molecular weight is 284 g/mol. The van der Waals surface area contributed by atoms with Gasteiger partial charge in [-0.25, -0.2) is 13.1 Å². The highest BCUT2D eigenvalue weighted by molar-refractivity contribution is 7.89. The molecule has 1 aromatic rings. The van der Waals surface area contributed by atoms with Crippen molar-refractivity contribution < 1.29 is 8.42 Å². The van der Waals surface area contributed by atoms with E-state index in [0.29, 0.717) is 11.4 Å². The van der Waals surface area contributed by atoms with Crippen LogP contribution in [0.15, 0.2) is 29.2 Å². The molecule has 4 nitrogen and oxygen atoms in total. The molecule has 0 saturated carbocycles. The molecular formula is C14H24N2O2S. The molecule has 0 bridgehead atoms. The first kappa shape index (κ1) is 16.1. The molecule has 0 aliphatic heterocycles. The van der Waals surface area contributed by atoms with E-state index in [9.17, 15) is 8.42 Å². The first-order chi connectivity index (χ1) is 8.74. The summed E-state index contributed by atoms with van der Waals surface area (Å²) in [6.07, 6.45) is 1.06. The minimum absolute atomic E-state index is 0.318. The van der Waals surface area contributed by atoms with E-state index in [1.807, 2.05) is 26.8 Å². The van der Waals surface area contributed by atoms with Gasteiger partial charge in [0.1, 0.15) is 0 Å². The lowest BCUT2D eigenvalue weighted by Gasteiger charge is -2.20. The van der Waals surface area contributed by atoms with E-state index in [0.717, 1.165) is 18.5 Å². The first-order valence-corrected chi connectivity index (χ1v) is 8.06. The molecular weight excluding hydrogens is 260 g/mol. The molecule has 2 N–H and O–H groups in total. The van der Waals surface area contributed by atoms with E-state index in [-0.39, 0.29) is 0 Å². The summed E-state index contributed by atoms with van der Waals surface area (Å²) in [5, 5.41) is 3.26. The molecule has 0 aliphatic carbocycles. The highest BCUT2D eigenvalue weighted by atomic mass is 32.2. The van der Waals surface area contributed by atoms with E-state index in [1.165, 1.54) is 0 Å². The average Bonchev–Trinajstić information content (AvgIpc) is 2.27. The van der Waals surface area contributed by atoms with Crippen molar-refractivity contribution in [2.24, 2.45) is 0 Å². The zero-order valence-corrected chi connectivity index (χ0v) is 13.0. The van der Waals surface area contributed by atoms with Crippen molar-refractivity contribution in [2.45, 2.75) is 51.1 Å². The smallest absolute Gasteiger partial charge is 0.241 e. The van der Waals surface area contributed by atoms with Crippen molar-refractivity contribution >= 4 is 10.0 Å². The Morgan fingerprint density at radius 3 is 2.47 bits per heavy atom. The van der Waals surface area contributed by atoms with Crippen LogP contribution in [0.3, 0.4) is 0 Å². The maximum Gasteiger partial charge on any atom is 0.241 e. The molecule has 0 unspecified atom stereocenters. The quantitative estimate of drug-likeness (QED) is 0.788. The molecule has 1 rings (SSSR count). The Hall–Kier alpha value is -0.910. The molecule has 0 spiro atoms. The lowest BCUT2D eigenvalue weighted by atomic mass is 10.1. The van der Waals surface area contributed by atoms with Gasteiger partial charge in [-0.1, -0.05) is 19.1 Å². The number of benzene rings is 1. The van der Waals surface area contributed by atoms with Gasteiger partial charge in [0.05, 0.1) is 4.90 Å². The number of rotatable bonds is 6. The highest BCUT2D eigenvalue weighted by Crippen LogP contribution is 2.14. The van der Waals surface area contributed by atoms with Crippen LogP contribution >= 0.6 is 0 Å². The third-order valence-electron chi connectivity index (χ3n) is 2.41. The van der Waals surface area contributed by atoms with Crippen molar-refractivity contribution in [2.75, 3.05) is 6.54 Å². The van der Waals surface area contributed by atoms with Gasteiger partial charge in [-0.05, 0) is 51.4 Å². The van der Waals surface area contributed by atoms with Crippen molar-refractivity contribution in [1.29, 1.82) is 0 Å². The Morgan fingerprint density at radius 2 is 1.89 bits per heavy atom. The molecule has 0 aliphatic rings. The summed E-state index contributed by atoms with van der Waals surface area (Å²) < 4.78 is 27.1. The lowest BCUT2D eigenvalue weighted by Crippen LogP contribution is -2.40. The van der Waals surface area contributed by atoms with Crippen LogP contribution in [0, 0.1) is 0 Å². The van der Waals surface area contributed by atoms with E-state index in [2.05, 4.69) is 17.0 Å². The summed E-state index contributed by atoms with van der Waals surface area (Å²) in [6.45, 7) is 9.21. The van der Waals surface area contributed by atoms with Gasteiger partial charge in [-0.2, -0.15) is 0 Å². The zero-order valence-electron chi connectivity index (χ0n) is 12.2. The second-order valence-electron chi connectivity index (χ2n) is 5.68. The first-order valence-electron chi connectivity index (χ1n) is 6.58. The van der Waals surface area contributed by atoms with Gasteiger partial charge in [-0.15, -0.1) is 0 Å². The fourth-order valence-electron chi connectivity index (χ4n) is 1.69. The molecule has 19 heavy (non-hydrogen) atoms. The molecule has 0 amide bonds. The Bertz CT molecular complexity index is 504. The number of hydrogen-bond donors (Lipinski definition) is 2. The summed E-state index contributed by atoms with van der Waals surface area (Å²) in [5.41, 5.74) is 0.500. The summed E-state index contributed by atoms with van der Waals surface area (Å²) in [7, 11) is -3.45. The van der Waals surface area contributed by atoms with Crippen molar-refractivity contribution in [3.63, 3.8) is 0 Å². The standard InChI is InChI=1S/C14H24N2O2S/c1-5-9-15-11-12-7-6-8-13(10-12)19(17,18)16-14(2,3)4/h6-8,10,15-16H,5,9,11H2,1-4H3. The van der Waals surface area contributed by atoms with Crippen molar-refractivity contribution in [3.05, 3.63) is 29.8 Å². The topological polar surface area (TPSA) is 58.2 Å². The number of sulfonamides is 1. The van der Waals surface area contributed by atoms with E-state index in [4.69, 9.17) is 0 Å². The van der Waals surface area contributed by atoms with Crippen LogP contribution in [0.25, 0.3) is 0 Å². The molecule has 5 heteroatoms. The maximum atomic E-state index is 12.2. The molecule has 0 aromatic heterocycles. The van der Waals surface area contributed by atoms with Crippen LogP contribution in [0.1, 0.15) is 39.7 Å². The van der Waals surface area contributed by atoms with Crippen molar-refractivity contribution in [3.8, 4) is 0 Å². The summed E-state index contributed by atoms with van der Waals surface area (Å²) in [6, 6.07) is 7.05. The summed E-state index contributed by atoms with van der Waals surface area (Å²) in [5.74, 6) is 0. The monoisotopic (exact) mass is 284 g/mol. The Labute approximate surface area is 116 Å². The fraction of sp³-hybridized carbons (Fsp3) is 0.571. The lowest BCUT2D eigenvalue weighted by molar-refractivity contribution is 0.491. The van der Waals surface area contributed by atoms with Gasteiger partial charge in [0, 0.05) is 12.1 Å². The number of nitrogens with one attached hydrogen (secondary N) is 2. The number of hydrogen-bond acceptors (Lipinski definition) is 3. The normalized spacial score (nSPS) is 12.6. The molecule has 1 aromatic carbocycles. The molecule has 0 atom stereocenters. The molecule has 0 radical (unpaired) electrons. The maximum absolute atomic E-state index is 12.2. The van der Waals surface area contributed by atoms with Gasteiger partial charge in [0.2, 0.25) is 10.0 Å². The van der Waals surface area contributed by atoms with E-state index < -0.39 is 15.6 Å². The van der Waals surface area contributed by atoms with Gasteiger partial charge in [0.25, 0.3) is 0 Å². The Morgan fingerprint density at radius 1 is 1.21 bits per heavy atom. The van der Waals surface area contributed by atoms with Gasteiger partial charge < -0.3 is 5.32 Å². The van der Waals surface area contributed by atoms with E-state index in [1.54, 1.807) is 18.2 Å². The largest absolute Gasteiger partial charge is 0.313 e. The van der Waals surface area contributed by atoms with Crippen molar-refractivity contribution in [1.82, 2.24) is 10.0 Å². The fourth-order valence-corrected chi connectivity index (χ4v) is 3.18. The third-order valence-corrected chi connectivity index (χ3v) is 4.16. The third kappa shape index (κ3) is 5.72. The predicted octanol–water partition coefficient (Wildman–Crippen LogP) is 2.26. The molecule has 0 saturated heterocycles. The predicted molar refractivity (Wildman–Crippen MR) is 78.5 cm³/mol. The van der Waals surface area contributed by atoms with E-state index >= 15 is 0 Å². The van der Waals surface area contributed by atoms with Crippen LogP contribution in [0.4, 0.5) is 0 Å². The highest BCUT2D eigenvalue weighted by Gasteiger charge is 2.21. The molecule has 0 fully saturated rings. The van der Waals surface area contributed by atoms with Crippen LogP contribution in [0.5, 0.6) is 0 Å². The molecule has 108 valence electrons. The Balaban J connectivity index is 2.86. The van der Waals surface area contributed by atoms with Crippen LogP contribution in [-0.2, 0) is 16.6 Å². The van der Waals surface area contributed by atoms with Crippen LogP contribution in [-0.4, -0.2) is 20.5 Å². The van der Waals surface area contributed by atoms with Gasteiger partial charge in [-0.3, -0.25) is 0 Å². The summed E-state index contributed by atoms with van der Waals surface area (Å²) in [4.78, 5) is 0.318. The second kappa shape index (κ2) is 6.50. The van der Waals surface area contributed by atoms with Gasteiger partial charge in [0.15, 0.2) is 0 Å². The Kier molecular flexibility index (Phi) is 5.52. The summed E-state index contributed by atoms with van der Waals surface area (Å²) >= 11 is 0. The van der Waals surface area contributed by atoms with Crippen LogP contribution in [0.2, 0.25) is 0 Å².